The number of morpholine rings is 1. The number of carbonyl (C=O) groups is 1. The number of carboxylic acids is 1. The Morgan fingerprint density at radius 2 is 2.11 bits per heavy atom. The highest BCUT2D eigenvalue weighted by molar-refractivity contribution is 5.73. The number of nitrogens with zero attached hydrogens (tertiary/aromatic N) is 2. The molecule has 2 heterocycles. The molecule has 0 radical (unpaired) electrons. The number of alkyl halides is 3. The second-order valence-corrected chi connectivity index (χ2v) is 6.23. The lowest BCUT2D eigenvalue weighted by molar-refractivity contribution is -0.192. The first-order valence-electron chi connectivity index (χ1n) is 8.20. The number of fused-ring (bicyclic) bond motifs is 1. The smallest absolute Gasteiger partial charge is 0.475 e. The van der Waals surface area contributed by atoms with E-state index in [0.717, 1.165) is 31.7 Å². The van der Waals surface area contributed by atoms with Crippen LogP contribution in [0.2, 0.25) is 0 Å². The molecule has 10 heteroatoms. The Morgan fingerprint density at radius 1 is 1.44 bits per heavy atom. The van der Waals surface area contributed by atoms with Gasteiger partial charge in [0.05, 0.1) is 18.3 Å². The van der Waals surface area contributed by atoms with Crippen molar-refractivity contribution in [3.8, 4) is 6.07 Å². The van der Waals surface area contributed by atoms with Gasteiger partial charge in [0.1, 0.15) is 11.9 Å². The highest BCUT2D eigenvalue weighted by Crippen LogP contribution is 2.29. The molecular formula is C17H19F4N3O3. The summed E-state index contributed by atoms with van der Waals surface area (Å²) in [4.78, 5) is 11.3. The SMILES string of the molecule is Cc1c([C@@H]2CN3CCNC[C@@H]3CO2)ccc(F)c1C#N.O=C(O)C(F)(F)F. The van der Waals surface area contributed by atoms with Gasteiger partial charge in [0, 0.05) is 32.2 Å². The number of halogens is 4. The van der Waals surface area contributed by atoms with E-state index in [1.165, 1.54) is 6.07 Å². The third-order valence-electron chi connectivity index (χ3n) is 4.52. The van der Waals surface area contributed by atoms with Gasteiger partial charge in [-0.3, -0.25) is 4.90 Å². The van der Waals surface area contributed by atoms with E-state index < -0.39 is 18.0 Å². The van der Waals surface area contributed by atoms with Crippen LogP contribution in [0.25, 0.3) is 0 Å². The van der Waals surface area contributed by atoms with Crippen molar-refractivity contribution in [3.05, 3.63) is 34.6 Å². The Kier molecular flexibility index (Phi) is 6.75. The van der Waals surface area contributed by atoms with Crippen LogP contribution < -0.4 is 5.32 Å². The predicted octanol–water partition coefficient (Wildman–Crippen LogP) is 1.98. The molecule has 0 amide bonds. The Hall–Kier alpha value is -2.22. The first-order valence-corrected chi connectivity index (χ1v) is 8.20. The molecule has 0 unspecified atom stereocenters. The van der Waals surface area contributed by atoms with Gasteiger partial charge in [0.25, 0.3) is 0 Å². The minimum atomic E-state index is -5.08. The molecular weight excluding hydrogens is 370 g/mol. The summed E-state index contributed by atoms with van der Waals surface area (Å²) in [6.07, 6.45) is -5.16. The Balaban J connectivity index is 0.000000321. The van der Waals surface area contributed by atoms with Gasteiger partial charge >= 0.3 is 12.1 Å². The molecule has 0 spiro atoms. The van der Waals surface area contributed by atoms with E-state index in [2.05, 4.69) is 10.2 Å². The predicted molar refractivity (Wildman–Crippen MR) is 86.5 cm³/mol. The van der Waals surface area contributed by atoms with Crippen molar-refractivity contribution in [1.29, 1.82) is 5.26 Å². The number of aliphatic carboxylic acids is 1. The van der Waals surface area contributed by atoms with E-state index in [1.54, 1.807) is 13.0 Å². The first kappa shape index (κ1) is 21.1. The van der Waals surface area contributed by atoms with Crippen LogP contribution in [0.3, 0.4) is 0 Å². The summed E-state index contributed by atoms with van der Waals surface area (Å²) in [6, 6.07) is 5.49. The fourth-order valence-corrected chi connectivity index (χ4v) is 3.07. The minimum absolute atomic E-state index is 0.0722. The number of benzene rings is 1. The minimum Gasteiger partial charge on any atom is -0.475 e. The third-order valence-corrected chi connectivity index (χ3v) is 4.52. The number of ether oxygens (including phenoxy) is 1. The monoisotopic (exact) mass is 389 g/mol. The van der Waals surface area contributed by atoms with E-state index in [9.17, 15) is 17.6 Å². The Labute approximate surface area is 153 Å². The standard InChI is InChI=1S/C15H18FN3O.C2HF3O2/c1-10-12(2-3-14(16)13(10)6-17)15-8-19-5-4-18-7-11(19)9-20-15;3-2(4,5)1(6)7/h2-3,11,15,18H,4-5,7-9H2,1H3;(H,6,7)/t11-,15+;/m1./s1. The summed E-state index contributed by atoms with van der Waals surface area (Å²) in [6.45, 7) is 6.24. The fraction of sp³-hybridized carbons (Fsp3) is 0.529. The van der Waals surface area contributed by atoms with Crippen LogP contribution >= 0.6 is 0 Å². The lowest BCUT2D eigenvalue weighted by Gasteiger charge is -2.43. The van der Waals surface area contributed by atoms with Crippen LogP contribution in [0.15, 0.2) is 12.1 Å². The van der Waals surface area contributed by atoms with Gasteiger partial charge in [0.2, 0.25) is 0 Å². The van der Waals surface area contributed by atoms with Crippen molar-refractivity contribution >= 4 is 5.97 Å². The molecule has 0 aromatic heterocycles. The van der Waals surface area contributed by atoms with Crippen molar-refractivity contribution in [2.24, 2.45) is 0 Å². The quantitative estimate of drug-likeness (QED) is 0.715. The summed E-state index contributed by atoms with van der Waals surface area (Å²) >= 11 is 0. The molecule has 2 saturated heterocycles. The molecule has 2 aliphatic heterocycles. The molecule has 6 nitrogen and oxygen atoms in total. The average molecular weight is 389 g/mol. The number of hydrogen-bond acceptors (Lipinski definition) is 5. The third kappa shape index (κ3) is 5.15. The molecule has 148 valence electrons. The number of carboxylic acid groups (broad SMARTS) is 1. The maximum Gasteiger partial charge on any atom is 0.490 e. The van der Waals surface area contributed by atoms with Crippen molar-refractivity contribution in [2.75, 3.05) is 32.8 Å². The number of nitrogens with one attached hydrogen (secondary N) is 1. The van der Waals surface area contributed by atoms with Crippen LogP contribution in [0, 0.1) is 24.1 Å². The van der Waals surface area contributed by atoms with Gasteiger partial charge in [0.15, 0.2) is 0 Å². The number of rotatable bonds is 1. The molecule has 0 saturated carbocycles. The Bertz CT molecular complexity index is 733. The average Bonchev–Trinajstić information content (AvgIpc) is 2.61. The highest BCUT2D eigenvalue weighted by atomic mass is 19.4. The van der Waals surface area contributed by atoms with Crippen LogP contribution in [-0.2, 0) is 9.53 Å². The normalized spacial score (nSPS) is 22.8. The molecule has 2 N–H and O–H groups in total. The van der Waals surface area contributed by atoms with E-state index >= 15 is 0 Å². The molecule has 1 aromatic rings. The summed E-state index contributed by atoms with van der Waals surface area (Å²) in [5.41, 5.74) is 1.76. The molecule has 3 rings (SSSR count). The highest BCUT2D eigenvalue weighted by Gasteiger charge is 2.38. The fourth-order valence-electron chi connectivity index (χ4n) is 3.07. The lowest BCUT2D eigenvalue weighted by Crippen LogP contribution is -2.57. The zero-order valence-corrected chi connectivity index (χ0v) is 14.5. The summed E-state index contributed by atoms with van der Waals surface area (Å²) in [7, 11) is 0. The van der Waals surface area contributed by atoms with Gasteiger partial charge in [-0.05, 0) is 24.1 Å². The van der Waals surface area contributed by atoms with E-state index in [0.29, 0.717) is 18.2 Å². The van der Waals surface area contributed by atoms with E-state index in [1.807, 2.05) is 6.07 Å². The van der Waals surface area contributed by atoms with Crippen LogP contribution in [0.1, 0.15) is 22.8 Å². The summed E-state index contributed by atoms with van der Waals surface area (Å²) in [5, 5.41) is 19.5. The second-order valence-electron chi connectivity index (χ2n) is 6.23. The molecule has 2 atom stereocenters. The van der Waals surface area contributed by atoms with Crippen molar-refractivity contribution in [2.45, 2.75) is 25.2 Å². The second kappa shape index (κ2) is 8.65. The largest absolute Gasteiger partial charge is 0.490 e. The topological polar surface area (TPSA) is 85.6 Å². The summed E-state index contributed by atoms with van der Waals surface area (Å²) < 4.78 is 51.3. The zero-order chi connectivity index (χ0) is 20.2. The Morgan fingerprint density at radius 3 is 2.70 bits per heavy atom. The number of nitriles is 1. The van der Waals surface area contributed by atoms with Gasteiger partial charge in [-0.2, -0.15) is 18.4 Å². The maximum absolute atomic E-state index is 13.6. The molecule has 27 heavy (non-hydrogen) atoms. The van der Waals surface area contributed by atoms with E-state index in [4.69, 9.17) is 19.9 Å². The summed E-state index contributed by atoms with van der Waals surface area (Å²) in [5.74, 6) is -3.21. The molecule has 2 fully saturated rings. The molecule has 0 bridgehead atoms. The number of piperazine rings is 1. The van der Waals surface area contributed by atoms with Crippen LogP contribution in [-0.4, -0.2) is 61.0 Å². The zero-order valence-electron chi connectivity index (χ0n) is 14.5. The first-order chi connectivity index (χ1) is 12.6. The van der Waals surface area contributed by atoms with Gasteiger partial charge in [-0.15, -0.1) is 0 Å². The van der Waals surface area contributed by atoms with Gasteiger partial charge < -0.3 is 15.2 Å². The van der Waals surface area contributed by atoms with Crippen molar-refractivity contribution in [1.82, 2.24) is 10.2 Å². The van der Waals surface area contributed by atoms with Crippen molar-refractivity contribution < 1.29 is 32.2 Å². The molecule has 0 aliphatic carbocycles. The van der Waals surface area contributed by atoms with Crippen LogP contribution in [0.4, 0.5) is 17.6 Å². The molecule has 2 aliphatic rings. The maximum atomic E-state index is 13.6. The lowest BCUT2D eigenvalue weighted by atomic mass is 9.96. The molecule has 1 aromatic carbocycles. The number of hydrogen-bond donors (Lipinski definition) is 2. The van der Waals surface area contributed by atoms with E-state index in [-0.39, 0.29) is 11.7 Å². The van der Waals surface area contributed by atoms with Gasteiger partial charge in [-0.1, -0.05) is 6.07 Å². The van der Waals surface area contributed by atoms with Crippen LogP contribution in [0.5, 0.6) is 0 Å². The van der Waals surface area contributed by atoms with Crippen molar-refractivity contribution in [3.63, 3.8) is 0 Å². The van der Waals surface area contributed by atoms with Gasteiger partial charge in [-0.25, -0.2) is 9.18 Å².